The van der Waals surface area contributed by atoms with Crippen molar-refractivity contribution >= 4 is 44.8 Å². The lowest BCUT2D eigenvalue weighted by Gasteiger charge is -1.96. The van der Waals surface area contributed by atoms with E-state index in [0.717, 1.165) is 4.70 Å². The van der Waals surface area contributed by atoms with E-state index in [-0.39, 0.29) is 11.7 Å². The molecule has 0 saturated carbocycles. The first-order valence-corrected chi connectivity index (χ1v) is 5.24. The van der Waals surface area contributed by atoms with Crippen molar-refractivity contribution < 1.29 is 4.39 Å². The Kier molecular flexibility index (Phi) is 2.41. The van der Waals surface area contributed by atoms with Crippen LogP contribution in [0.15, 0.2) is 12.1 Å². The van der Waals surface area contributed by atoms with E-state index in [0.29, 0.717) is 15.5 Å². The van der Waals surface area contributed by atoms with Crippen LogP contribution < -0.4 is 0 Å². The molecular formula is C8H4Cl2FNS. The van der Waals surface area contributed by atoms with Gasteiger partial charge in [0.15, 0.2) is 4.47 Å². The monoisotopic (exact) mass is 235 g/mol. The van der Waals surface area contributed by atoms with Gasteiger partial charge in [0.25, 0.3) is 0 Å². The topological polar surface area (TPSA) is 12.9 Å². The number of hydrogen-bond acceptors (Lipinski definition) is 2. The van der Waals surface area contributed by atoms with Crippen LogP contribution >= 0.6 is 34.5 Å². The van der Waals surface area contributed by atoms with Crippen molar-refractivity contribution in [3.63, 3.8) is 0 Å². The zero-order chi connectivity index (χ0) is 9.42. The second-order valence-corrected chi connectivity index (χ2v) is 4.39. The summed E-state index contributed by atoms with van der Waals surface area (Å²) in [5.41, 5.74) is 1.38. The first kappa shape index (κ1) is 9.19. The van der Waals surface area contributed by atoms with E-state index >= 15 is 0 Å². The maximum Gasteiger partial charge on any atom is 0.184 e. The third-order valence-electron chi connectivity index (χ3n) is 1.66. The molecule has 68 valence electrons. The Morgan fingerprint density at radius 2 is 2.23 bits per heavy atom. The fourth-order valence-corrected chi connectivity index (χ4v) is 2.44. The summed E-state index contributed by atoms with van der Waals surface area (Å²) >= 11 is 12.6. The van der Waals surface area contributed by atoms with Gasteiger partial charge in [0.2, 0.25) is 0 Å². The Balaban J connectivity index is 2.80. The van der Waals surface area contributed by atoms with Crippen molar-refractivity contribution in [2.24, 2.45) is 0 Å². The molecular weight excluding hydrogens is 232 g/mol. The molecule has 0 atom stereocenters. The van der Waals surface area contributed by atoms with Crippen LogP contribution in [0.1, 0.15) is 5.56 Å². The summed E-state index contributed by atoms with van der Waals surface area (Å²) in [5.74, 6) is -0.0580. The van der Waals surface area contributed by atoms with Crippen LogP contribution in [0.4, 0.5) is 4.39 Å². The van der Waals surface area contributed by atoms with Gasteiger partial charge in [0.05, 0.1) is 10.2 Å². The number of benzene rings is 1. The molecule has 0 spiro atoms. The van der Waals surface area contributed by atoms with Crippen LogP contribution in [0.3, 0.4) is 0 Å². The minimum Gasteiger partial charge on any atom is -0.225 e. The second kappa shape index (κ2) is 3.40. The van der Waals surface area contributed by atoms with Crippen LogP contribution in [0.5, 0.6) is 0 Å². The minimum absolute atomic E-state index is 0.244. The van der Waals surface area contributed by atoms with Crippen molar-refractivity contribution in [3.05, 3.63) is 28.0 Å². The molecule has 13 heavy (non-hydrogen) atoms. The average molecular weight is 236 g/mol. The Morgan fingerprint density at radius 3 is 2.92 bits per heavy atom. The van der Waals surface area contributed by atoms with E-state index in [4.69, 9.17) is 23.2 Å². The highest BCUT2D eigenvalue weighted by Crippen LogP contribution is 2.29. The number of alkyl halides is 1. The largest absolute Gasteiger partial charge is 0.225 e. The van der Waals surface area contributed by atoms with Gasteiger partial charge in [-0.2, -0.15) is 0 Å². The molecule has 0 aliphatic carbocycles. The molecule has 0 aliphatic rings. The van der Waals surface area contributed by atoms with Crippen molar-refractivity contribution in [2.45, 2.75) is 5.88 Å². The summed E-state index contributed by atoms with van der Waals surface area (Å²) in [6.45, 7) is 0. The summed E-state index contributed by atoms with van der Waals surface area (Å²) in [6, 6.07) is 2.79. The van der Waals surface area contributed by atoms with Gasteiger partial charge in [-0.25, -0.2) is 9.37 Å². The molecule has 0 bridgehead atoms. The quantitative estimate of drug-likeness (QED) is 0.685. The molecule has 2 rings (SSSR count). The van der Waals surface area contributed by atoms with Crippen LogP contribution in [0, 0.1) is 5.82 Å². The van der Waals surface area contributed by atoms with Crippen molar-refractivity contribution in [1.82, 2.24) is 4.98 Å². The van der Waals surface area contributed by atoms with Gasteiger partial charge in [0, 0.05) is 5.88 Å². The van der Waals surface area contributed by atoms with Gasteiger partial charge in [-0.3, -0.25) is 0 Å². The fourth-order valence-electron chi connectivity index (χ4n) is 1.14. The van der Waals surface area contributed by atoms with Crippen molar-refractivity contribution in [2.75, 3.05) is 0 Å². The maximum atomic E-state index is 13.0. The second-order valence-electron chi connectivity index (χ2n) is 2.51. The van der Waals surface area contributed by atoms with Gasteiger partial charge in [-0.1, -0.05) is 11.6 Å². The highest BCUT2D eigenvalue weighted by atomic mass is 35.5. The molecule has 0 radical (unpaired) electrons. The standard InChI is InChI=1S/C8H4Cl2FNS/c9-3-4-1-5(11)2-6-7(4)12-8(10)13-6/h1-2H,3H2. The van der Waals surface area contributed by atoms with Gasteiger partial charge >= 0.3 is 0 Å². The van der Waals surface area contributed by atoms with Crippen molar-refractivity contribution in [1.29, 1.82) is 0 Å². The SMILES string of the molecule is Fc1cc(CCl)c2nc(Cl)sc2c1. The molecule has 0 amide bonds. The highest BCUT2D eigenvalue weighted by molar-refractivity contribution is 7.22. The van der Waals surface area contributed by atoms with Crippen LogP contribution in [0.25, 0.3) is 10.2 Å². The van der Waals surface area contributed by atoms with Gasteiger partial charge in [-0.15, -0.1) is 22.9 Å². The molecule has 5 heteroatoms. The summed E-state index contributed by atoms with van der Waals surface area (Å²) in [7, 11) is 0. The van der Waals surface area contributed by atoms with Gasteiger partial charge in [0.1, 0.15) is 5.82 Å². The lowest BCUT2D eigenvalue weighted by atomic mass is 10.2. The number of thiazole rings is 1. The Hall–Kier alpha value is -0.380. The molecule has 0 unspecified atom stereocenters. The fraction of sp³-hybridized carbons (Fsp3) is 0.125. The summed E-state index contributed by atoms with van der Waals surface area (Å²) < 4.78 is 14.1. The summed E-state index contributed by atoms with van der Waals surface area (Å²) in [5, 5.41) is 0. The third-order valence-corrected chi connectivity index (χ3v) is 3.05. The van der Waals surface area contributed by atoms with Crippen LogP contribution in [-0.4, -0.2) is 4.98 Å². The van der Waals surface area contributed by atoms with Crippen LogP contribution in [0.2, 0.25) is 4.47 Å². The molecule has 1 heterocycles. The highest BCUT2D eigenvalue weighted by Gasteiger charge is 2.08. The van der Waals surface area contributed by atoms with E-state index in [2.05, 4.69) is 4.98 Å². The number of fused-ring (bicyclic) bond motifs is 1. The molecule has 0 N–H and O–H groups in total. The first-order chi connectivity index (χ1) is 6.20. The molecule has 1 aromatic carbocycles. The molecule has 2 aromatic rings. The zero-order valence-electron chi connectivity index (χ0n) is 6.35. The smallest absolute Gasteiger partial charge is 0.184 e. The number of halogens is 3. The van der Waals surface area contributed by atoms with E-state index in [9.17, 15) is 4.39 Å². The molecule has 1 aromatic heterocycles. The van der Waals surface area contributed by atoms with E-state index in [1.165, 1.54) is 23.5 Å². The molecule has 0 saturated heterocycles. The van der Waals surface area contributed by atoms with Crippen LogP contribution in [-0.2, 0) is 5.88 Å². The van der Waals surface area contributed by atoms with Crippen molar-refractivity contribution in [3.8, 4) is 0 Å². The number of rotatable bonds is 1. The molecule has 1 nitrogen and oxygen atoms in total. The van der Waals surface area contributed by atoms with E-state index in [1.807, 2.05) is 0 Å². The summed E-state index contributed by atoms with van der Waals surface area (Å²) in [4.78, 5) is 4.06. The number of nitrogens with zero attached hydrogens (tertiary/aromatic N) is 1. The Labute approximate surface area is 88.1 Å². The molecule has 0 aliphatic heterocycles. The third kappa shape index (κ3) is 1.64. The lowest BCUT2D eigenvalue weighted by Crippen LogP contribution is -1.83. The predicted octanol–water partition coefficient (Wildman–Crippen LogP) is 3.83. The minimum atomic E-state index is -0.302. The Morgan fingerprint density at radius 1 is 1.46 bits per heavy atom. The van der Waals surface area contributed by atoms with Gasteiger partial charge < -0.3 is 0 Å². The average Bonchev–Trinajstić information content (AvgIpc) is 2.43. The van der Waals surface area contributed by atoms with Gasteiger partial charge in [-0.05, 0) is 17.7 Å². The Bertz CT molecular complexity index is 455. The maximum absolute atomic E-state index is 13.0. The number of hydrogen-bond donors (Lipinski definition) is 0. The van der Waals surface area contributed by atoms with E-state index < -0.39 is 0 Å². The summed E-state index contributed by atoms with van der Waals surface area (Å²) in [6.07, 6.45) is 0. The normalized spacial score (nSPS) is 11.0. The lowest BCUT2D eigenvalue weighted by molar-refractivity contribution is 0.628. The predicted molar refractivity (Wildman–Crippen MR) is 54.1 cm³/mol. The number of aromatic nitrogens is 1. The van der Waals surface area contributed by atoms with E-state index in [1.54, 1.807) is 0 Å². The zero-order valence-corrected chi connectivity index (χ0v) is 8.68. The first-order valence-electron chi connectivity index (χ1n) is 3.51. The molecule has 0 fully saturated rings.